The smallest absolute Gasteiger partial charge is 0.151 e. The summed E-state index contributed by atoms with van der Waals surface area (Å²) >= 11 is 3.73. The van der Waals surface area contributed by atoms with Crippen LogP contribution in [0.15, 0.2) is 28.6 Å². The molecule has 1 heterocycles. The lowest BCUT2D eigenvalue weighted by atomic mass is 10.3. The largest absolute Gasteiger partial charge is 0.230 e. The minimum Gasteiger partial charge on any atom is -0.230 e. The molecule has 92 valence electrons. The van der Waals surface area contributed by atoms with E-state index in [2.05, 4.69) is 48.9 Å². The third-order valence-corrected chi connectivity index (χ3v) is 6.69. The molecule has 0 saturated heterocycles. The molecule has 1 aromatic heterocycles. The van der Waals surface area contributed by atoms with Crippen molar-refractivity contribution in [3.8, 4) is 0 Å². The summed E-state index contributed by atoms with van der Waals surface area (Å²) in [6.07, 6.45) is 1.33. The zero-order chi connectivity index (χ0) is 12.3. The summed E-state index contributed by atoms with van der Waals surface area (Å²) in [7, 11) is -0.858. The van der Waals surface area contributed by atoms with Crippen LogP contribution in [0.2, 0.25) is 25.7 Å². The van der Waals surface area contributed by atoms with Gasteiger partial charge in [0, 0.05) is 13.8 Å². The van der Waals surface area contributed by atoms with Gasteiger partial charge in [0.25, 0.3) is 0 Å². The SMILES string of the molecule is C[Si](C)(C)CCCSc1nc2ccccc2s1. The molecule has 0 N–H and O–H groups in total. The third kappa shape index (κ3) is 4.12. The van der Waals surface area contributed by atoms with E-state index in [4.69, 9.17) is 0 Å². The second kappa shape index (κ2) is 5.55. The zero-order valence-corrected chi connectivity index (χ0v) is 13.3. The fraction of sp³-hybridized carbons (Fsp3) is 0.462. The normalized spacial score (nSPS) is 12.2. The quantitative estimate of drug-likeness (QED) is 0.429. The number of para-hydroxylation sites is 1. The average Bonchev–Trinajstić information content (AvgIpc) is 2.65. The van der Waals surface area contributed by atoms with E-state index in [1.54, 1.807) is 0 Å². The Bertz CT molecular complexity index is 454. The van der Waals surface area contributed by atoms with Gasteiger partial charge in [-0.25, -0.2) is 4.98 Å². The topological polar surface area (TPSA) is 12.9 Å². The van der Waals surface area contributed by atoms with E-state index < -0.39 is 8.07 Å². The van der Waals surface area contributed by atoms with Crippen molar-refractivity contribution in [2.75, 3.05) is 5.75 Å². The fourth-order valence-electron chi connectivity index (χ4n) is 1.67. The highest BCUT2D eigenvalue weighted by Crippen LogP contribution is 2.30. The number of aromatic nitrogens is 1. The van der Waals surface area contributed by atoms with Crippen molar-refractivity contribution in [3.05, 3.63) is 24.3 Å². The van der Waals surface area contributed by atoms with Crippen LogP contribution in [0, 0.1) is 0 Å². The van der Waals surface area contributed by atoms with Crippen LogP contribution in [0.1, 0.15) is 6.42 Å². The molecule has 0 unspecified atom stereocenters. The van der Waals surface area contributed by atoms with E-state index in [9.17, 15) is 0 Å². The minimum atomic E-state index is -0.858. The van der Waals surface area contributed by atoms with Gasteiger partial charge in [-0.1, -0.05) is 49.6 Å². The number of fused-ring (bicyclic) bond motifs is 1. The van der Waals surface area contributed by atoms with E-state index >= 15 is 0 Å². The maximum atomic E-state index is 4.64. The lowest BCUT2D eigenvalue weighted by Crippen LogP contribution is -2.18. The molecule has 17 heavy (non-hydrogen) atoms. The molecule has 0 amide bonds. The molecule has 0 aliphatic heterocycles. The summed E-state index contributed by atoms with van der Waals surface area (Å²) in [6, 6.07) is 9.81. The van der Waals surface area contributed by atoms with Crippen molar-refractivity contribution in [2.45, 2.75) is 36.4 Å². The molecule has 4 heteroatoms. The number of hydrogen-bond donors (Lipinski definition) is 0. The first-order chi connectivity index (χ1) is 8.04. The van der Waals surface area contributed by atoms with Crippen LogP contribution in [-0.4, -0.2) is 18.8 Å². The van der Waals surface area contributed by atoms with Crippen molar-refractivity contribution in [1.82, 2.24) is 4.98 Å². The summed E-state index contributed by atoms with van der Waals surface area (Å²) in [5.41, 5.74) is 1.14. The van der Waals surface area contributed by atoms with E-state index in [-0.39, 0.29) is 0 Å². The van der Waals surface area contributed by atoms with Gasteiger partial charge in [0.05, 0.1) is 10.2 Å². The number of thiazole rings is 1. The maximum Gasteiger partial charge on any atom is 0.151 e. The molecule has 0 atom stereocenters. The Hall–Kier alpha value is -0.323. The number of rotatable bonds is 5. The van der Waals surface area contributed by atoms with Crippen molar-refractivity contribution >= 4 is 41.4 Å². The zero-order valence-electron chi connectivity index (χ0n) is 10.7. The Kier molecular flexibility index (Phi) is 4.28. The second-order valence-electron chi connectivity index (χ2n) is 5.46. The predicted octanol–water partition coefficient (Wildman–Crippen LogP) is 5.12. The first-order valence-corrected chi connectivity index (χ1v) is 11.5. The summed E-state index contributed by atoms with van der Waals surface area (Å²) in [4.78, 5) is 4.64. The summed E-state index contributed by atoms with van der Waals surface area (Å²) in [5.74, 6) is 1.21. The Morgan fingerprint density at radius 1 is 1.24 bits per heavy atom. The molecular formula is C13H19NS2Si. The second-order valence-corrected chi connectivity index (χ2v) is 13.5. The highest BCUT2D eigenvalue weighted by atomic mass is 32.2. The average molecular weight is 282 g/mol. The van der Waals surface area contributed by atoms with Gasteiger partial charge in [0.1, 0.15) is 0 Å². The van der Waals surface area contributed by atoms with Crippen LogP contribution in [0.3, 0.4) is 0 Å². The molecule has 1 aromatic carbocycles. The molecule has 1 nitrogen and oxygen atoms in total. The predicted molar refractivity (Wildman–Crippen MR) is 83.1 cm³/mol. The molecule has 0 bridgehead atoms. The Morgan fingerprint density at radius 2 is 2.00 bits per heavy atom. The van der Waals surface area contributed by atoms with Crippen LogP contribution in [0.5, 0.6) is 0 Å². The van der Waals surface area contributed by atoms with Gasteiger partial charge in [0.2, 0.25) is 0 Å². The van der Waals surface area contributed by atoms with Crippen LogP contribution in [0.4, 0.5) is 0 Å². The lowest BCUT2D eigenvalue weighted by Gasteiger charge is -2.14. The standard InChI is InChI=1S/C13H19NS2Si/c1-17(2,3)10-6-9-15-13-14-11-7-4-5-8-12(11)16-13/h4-5,7-8H,6,9-10H2,1-3H3. The molecule has 2 aromatic rings. The van der Waals surface area contributed by atoms with Gasteiger partial charge in [-0.2, -0.15) is 0 Å². The maximum absolute atomic E-state index is 4.64. The number of nitrogens with zero attached hydrogens (tertiary/aromatic N) is 1. The van der Waals surface area contributed by atoms with Crippen LogP contribution < -0.4 is 0 Å². The highest BCUT2D eigenvalue weighted by Gasteiger charge is 2.12. The molecule has 0 aliphatic rings. The Balaban J connectivity index is 1.87. The monoisotopic (exact) mass is 281 g/mol. The minimum absolute atomic E-state index is 0.858. The summed E-state index contributed by atoms with van der Waals surface area (Å²) in [5, 5.41) is 0. The van der Waals surface area contributed by atoms with E-state index in [0.29, 0.717) is 0 Å². The van der Waals surface area contributed by atoms with Crippen molar-refractivity contribution in [2.24, 2.45) is 0 Å². The number of hydrogen-bond acceptors (Lipinski definition) is 3. The van der Waals surface area contributed by atoms with Crippen LogP contribution >= 0.6 is 23.1 Å². The number of thioether (sulfide) groups is 1. The summed E-state index contributed by atoms with van der Waals surface area (Å²) in [6.45, 7) is 7.32. The molecule has 0 radical (unpaired) electrons. The van der Waals surface area contributed by atoms with Crippen molar-refractivity contribution in [1.29, 1.82) is 0 Å². The lowest BCUT2D eigenvalue weighted by molar-refractivity contribution is 1.06. The summed E-state index contributed by atoms with van der Waals surface area (Å²) < 4.78 is 2.53. The highest BCUT2D eigenvalue weighted by molar-refractivity contribution is 8.01. The first-order valence-electron chi connectivity index (χ1n) is 6.03. The van der Waals surface area contributed by atoms with E-state index in [1.807, 2.05) is 23.1 Å². The van der Waals surface area contributed by atoms with Gasteiger partial charge in [0.15, 0.2) is 4.34 Å². The van der Waals surface area contributed by atoms with Gasteiger partial charge in [-0.3, -0.25) is 0 Å². The van der Waals surface area contributed by atoms with Gasteiger partial charge in [-0.15, -0.1) is 11.3 Å². The van der Waals surface area contributed by atoms with Crippen molar-refractivity contribution in [3.63, 3.8) is 0 Å². The van der Waals surface area contributed by atoms with Gasteiger partial charge < -0.3 is 0 Å². The van der Waals surface area contributed by atoms with Crippen molar-refractivity contribution < 1.29 is 0 Å². The van der Waals surface area contributed by atoms with E-state index in [1.165, 1.54) is 27.3 Å². The molecule has 0 aliphatic carbocycles. The Labute approximate surface area is 113 Å². The van der Waals surface area contributed by atoms with Crippen LogP contribution in [-0.2, 0) is 0 Å². The van der Waals surface area contributed by atoms with E-state index in [0.717, 1.165) is 5.52 Å². The Morgan fingerprint density at radius 3 is 2.71 bits per heavy atom. The first kappa shape index (κ1) is 13.1. The fourth-order valence-corrected chi connectivity index (χ4v) is 5.25. The molecule has 0 spiro atoms. The third-order valence-electron chi connectivity index (χ3n) is 2.57. The van der Waals surface area contributed by atoms with Gasteiger partial charge in [-0.05, 0) is 18.6 Å². The molecule has 0 saturated carbocycles. The van der Waals surface area contributed by atoms with Crippen LogP contribution in [0.25, 0.3) is 10.2 Å². The molecule has 2 rings (SSSR count). The molecule has 0 fully saturated rings. The van der Waals surface area contributed by atoms with Gasteiger partial charge >= 0.3 is 0 Å². The number of benzene rings is 1. The molecular weight excluding hydrogens is 262 g/mol.